The van der Waals surface area contributed by atoms with Gasteiger partial charge in [0.25, 0.3) is 11.8 Å². The van der Waals surface area contributed by atoms with E-state index in [-0.39, 0.29) is 22.6 Å². The minimum Gasteiger partial charge on any atom is -0.483 e. The summed E-state index contributed by atoms with van der Waals surface area (Å²) in [6, 6.07) is 18.5. The lowest BCUT2D eigenvalue weighted by Gasteiger charge is -2.19. The van der Waals surface area contributed by atoms with Gasteiger partial charge >= 0.3 is 6.18 Å². The number of rotatable bonds is 6. The van der Waals surface area contributed by atoms with Crippen molar-refractivity contribution in [1.29, 1.82) is 5.41 Å². The molecular formula is C26H20F3N3O3S. The number of halogens is 3. The Hall–Kier alpha value is -4.05. The number of nitrogens with zero attached hydrogens (tertiary/aromatic N) is 1. The fraction of sp³-hybridized carbons (Fsp3) is 0.115. The first-order valence-electron chi connectivity index (χ1n) is 10.7. The second kappa shape index (κ2) is 10.3. The number of amidine groups is 1. The number of hydrogen-bond acceptors (Lipinski definition) is 5. The van der Waals surface area contributed by atoms with Gasteiger partial charge in [-0.3, -0.25) is 19.9 Å². The van der Waals surface area contributed by atoms with Gasteiger partial charge in [-0.2, -0.15) is 13.2 Å². The minimum atomic E-state index is -4.69. The Morgan fingerprint density at radius 3 is 2.44 bits per heavy atom. The van der Waals surface area contributed by atoms with E-state index in [1.165, 1.54) is 18.2 Å². The summed E-state index contributed by atoms with van der Waals surface area (Å²) in [7, 11) is 0. The van der Waals surface area contributed by atoms with Crippen molar-refractivity contribution in [2.45, 2.75) is 13.1 Å². The molecule has 0 aliphatic carbocycles. The Kier molecular flexibility index (Phi) is 7.16. The smallest absolute Gasteiger partial charge is 0.418 e. The Labute approximate surface area is 209 Å². The number of alkyl halides is 3. The molecule has 1 saturated heterocycles. The van der Waals surface area contributed by atoms with E-state index in [2.05, 4.69) is 5.32 Å². The molecule has 2 amide bonds. The number of para-hydroxylation sites is 2. The molecule has 0 aromatic heterocycles. The molecule has 0 atom stereocenters. The first-order chi connectivity index (χ1) is 17.1. The summed E-state index contributed by atoms with van der Waals surface area (Å²) in [4.78, 5) is 26.1. The zero-order valence-corrected chi connectivity index (χ0v) is 19.7. The Morgan fingerprint density at radius 1 is 1.06 bits per heavy atom. The third-order valence-electron chi connectivity index (χ3n) is 5.17. The maximum atomic E-state index is 13.5. The molecule has 0 radical (unpaired) electrons. The van der Waals surface area contributed by atoms with Crippen LogP contribution in [0.25, 0.3) is 6.08 Å². The molecule has 1 heterocycles. The van der Waals surface area contributed by atoms with Crippen molar-refractivity contribution in [1.82, 2.24) is 0 Å². The van der Waals surface area contributed by atoms with E-state index in [9.17, 15) is 22.8 Å². The number of thioether (sulfide) groups is 1. The van der Waals surface area contributed by atoms with Crippen LogP contribution in [0.1, 0.15) is 16.7 Å². The number of anilines is 2. The molecule has 10 heteroatoms. The average molecular weight is 512 g/mol. The molecule has 6 nitrogen and oxygen atoms in total. The molecule has 36 heavy (non-hydrogen) atoms. The van der Waals surface area contributed by atoms with Crippen molar-refractivity contribution in [3.05, 3.63) is 94.4 Å². The highest BCUT2D eigenvalue weighted by Gasteiger charge is 2.40. The maximum absolute atomic E-state index is 13.5. The molecule has 0 saturated carbocycles. The third kappa shape index (κ3) is 5.60. The van der Waals surface area contributed by atoms with E-state index in [0.717, 1.165) is 34.4 Å². The molecule has 0 bridgehead atoms. The Morgan fingerprint density at radius 2 is 1.72 bits per heavy atom. The summed E-state index contributed by atoms with van der Waals surface area (Å²) in [5.41, 5.74) is 0.700. The maximum Gasteiger partial charge on any atom is 0.418 e. The summed E-state index contributed by atoms with van der Waals surface area (Å²) >= 11 is 0.745. The van der Waals surface area contributed by atoms with Crippen molar-refractivity contribution in [2.75, 3.05) is 16.8 Å². The van der Waals surface area contributed by atoms with Crippen molar-refractivity contribution < 1.29 is 27.5 Å². The van der Waals surface area contributed by atoms with Gasteiger partial charge in [0.1, 0.15) is 5.75 Å². The van der Waals surface area contributed by atoms with Crippen LogP contribution in [0.4, 0.5) is 24.5 Å². The van der Waals surface area contributed by atoms with E-state index >= 15 is 0 Å². The van der Waals surface area contributed by atoms with Gasteiger partial charge in [-0.05, 0) is 55.1 Å². The molecule has 0 unspecified atom stereocenters. The second-order valence-corrected chi connectivity index (χ2v) is 8.84. The average Bonchev–Trinajstić information content (AvgIpc) is 3.12. The van der Waals surface area contributed by atoms with Crippen LogP contribution in [-0.4, -0.2) is 23.6 Å². The van der Waals surface area contributed by atoms with Crippen molar-refractivity contribution in [3.63, 3.8) is 0 Å². The van der Waals surface area contributed by atoms with Crippen molar-refractivity contribution in [2.24, 2.45) is 0 Å². The number of ether oxygens (including phenoxy) is 1. The predicted octanol–water partition coefficient (Wildman–Crippen LogP) is 6.09. The number of nitrogens with one attached hydrogen (secondary N) is 2. The van der Waals surface area contributed by atoms with Crippen molar-refractivity contribution in [3.8, 4) is 5.75 Å². The molecule has 2 N–H and O–H groups in total. The van der Waals surface area contributed by atoms with Gasteiger partial charge in [-0.25, -0.2) is 0 Å². The van der Waals surface area contributed by atoms with E-state index in [4.69, 9.17) is 10.1 Å². The summed E-state index contributed by atoms with van der Waals surface area (Å²) in [5.74, 6) is -0.837. The van der Waals surface area contributed by atoms with Crippen LogP contribution in [-0.2, 0) is 15.8 Å². The highest BCUT2D eigenvalue weighted by molar-refractivity contribution is 8.19. The highest BCUT2D eigenvalue weighted by atomic mass is 32.2. The molecule has 1 fully saturated rings. The number of carbonyl (C=O) groups excluding carboxylic acids is 2. The van der Waals surface area contributed by atoms with E-state index in [1.807, 2.05) is 19.1 Å². The number of aryl methyl sites for hydroxylation is 1. The lowest BCUT2D eigenvalue weighted by atomic mass is 10.1. The molecular weight excluding hydrogens is 491 g/mol. The van der Waals surface area contributed by atoms with Gasteiger partial charge in [0.15, 0.2) is 11.8 Å². The highest BCUT2D eigenvalue weighted by Crippen LogP contribution is 2.42. The van der Waals surface area contributed by atoms with Gasteiger partial charge in [0, 0.05) is 11.3 Å². The van der Waals surface area contributed by atoms with E-state index < -0.39 is 23.3 Å². The summed E-state index contributed by atoms with van der Waals surface area (Å²) in [5, 5.41) is 10.5. The normalized spacial score (nSPS) is 14.9. The summed E-state index contributed by atoms with van der Waals surface area (Å²) in [6.45, 7) is 1.64. The topological polar surface area (TPSA) is 82.5 Å². The molecule has 3 aromatic carbocycles. The van der Waals surface area contributed by atoms with Crippen LogP contribution in [0.15, 0.2) is 77.7 Å². The molecule has 1 aliphatic rings. The fourth-order valence-corrected chi connectivity index (χ4v) is 4.31. The number of carbonyl (C=O) groups is 2. The van der Waals surface area contributed by atoms with Crippen LogP contribution >= 0.6 is 11.8 Å². The van der Waals surface area contributed by atoms with Gasteiger partial charge in [0.2, 0.25) is 0 Å². The van der Waals surface area contributed by atoms with Crippen LogP contribution in [0, 0.1) is 12.3 Å². The fourth-order valence-electron chi connectivity index (χ4n) is 3.46. The van der Waals surface area contributed by atoms with Crippen LogP contribution in [0.3, 0.4) is 0 Å². The van der Waals surface area contributed by atoms with Gasteiger partial charge < -0.3 is 10.1 Å². The van der Waals surface area contributed by atoms with E-state index in [0.29, 0.717) is 17.0 Å². The SMILES string of the molecule is Cc1ccc(NC(=O)COc2ccccc2/C=C2\SC(=N)N(c3ccccc3C(F)(F)F)C2=O)cc1. The first kappa shape index (κ1) is 25.1. The monoisotopic (exact) mass is 511 g/mol. The number of amides is 2. The predicted molar refractivity (Wildman–Crippen MR) is 134 cm³/mol. The van der Waals surface area contributed by atoms with Crippen LogP contribution < -0.4 is 15.0 Å². The van der Waals surface area contributed by atoms with E-state index in [1.54, 1.807) is 36.4 Å². The van der Waals surface area contributed by atoms with Gasteiger partial charge in [-0.15, -0.1) is 0 Å². The zero-order valence-electron chi connectivity index (χ0n) is 18.9. The molecule has 1 aliphatic heterocycles. The first-order valence-corrected chi connectivity index (χ1v) is 11.5. The Bertz CT molecular complexity index is 1350. The second-order valence-electron chi connectivity index (χ2n) is 7.81. The number of benzene rings is 3. The van der Waals surface area contributed by atoms with Crippen LogP contribution in [0.2, 0.25) is 0 Å². The lowest BCUT2D eigenvalue weighted by molar-refractivity contribution is -0.137. The molecule has 0 spiro atoms. The van der Waals surface area contributed by atoms with Gasteiger partial charge in [-0.1, -0.05) is 48.0 Å². The minimum absolute atomic E-state index is 0.0529. The third-order valence-corrected chi connectivity index (χ3v) is 6.06. The molecule has 184 valence electrons. The summed E-state index contributed by atoms with van der Waals surface area (Å²) < 4.78 is 46.1. The van der Waals surface area contributed by atoms with Crippen molar-refractivity contribution >= 4 is 46.2 Å². The molecule has 3 aromatic rings. The zero-order chi connectivity index (χ0) is 25.9. The largest absolute Gasteiger partial charge is 0.483 e. The molecule has 4 rings (SSSR count). The number of hydrogen-bond donors (Lipinski definition) is 2. The quantitative estimate of drug-likeness (QED) is 0.393. The van der Waals surface area contributed by atoms with Gasteiger partial charge in [0.05, 0.1) is 16.2 Å². The Balaban J connectivity index is 1.52. The standard InChI is InChI=1S/C26H20F3N3O3S/c1-16-10-12-18(13-11-16)31-23(33)15-35-21-9-5-2-6-17(21)14-22-24(34)32(25(30)36-22)20-8-4-3-7-19(20)26(27,28)29/h2-14,30H,15H2,1H3,(H,31,33)/b22-14-,30-25?. The lowest BCUT2D eigenvalue weighted by Crippen LogP contribution is -2.30. The van der Waals surface area contributed by atoms with Crippen LogP contribution in [0.5, 0.6) is 5.75 Å². The summed E-state index contributed by atoms with van der Waals surface area (Å²) in [6.07, 6.45) is -3.25.